The Labute approximate surface area is 315 Å². The third kappa shape index (κ3) is 11.0. The molecule has 3 aliphatic heterocycles. The van der Waals surface area contributed by atoms with E-state index < -0.39 is 40.5 Å². The first-order valence-electron chi connectivity index (χ1n) is 18.7. The maximum atomic E-state index is 14.4. The van der Waals surface area contributed by atoms with Gasteiger partial charge in [0.15, 0.2) is 0 Å². The minimum absolute atomic E-state index is 0.00901. The van der Waals surface area contributed by atoms with Gasteiger partial charge in [-0.05, 0) is 103 Å². The number of urea groups is 1. The second-order valence-corrected chi connectivity index (χ2v) is 16.6. The van der Waals surface area contributed by atoms with Crippen molar-refractivity contribution in [2.45, 2.75) is 140 Å². The third-order valence-corrected chi connectivity index (χ3v) is 11.6. The number of carboxylic acid groups (broad SMARTS) is 2. The van der Waals surface area contributed by atoms with Crippen molar-refractivity contribution < 1.29 is 43.7 Å². The number of aliphatic carboxylic acids is 2. The van der Waals surface area contributed by atoms with Crippen LogP contribution in [-0.4, -0.2) is 98.4 Å². The van der Waals surface area contributed by atoms with Gasteiger partial charge in [-0.25, -0.2) is 19.8 Å². The summed E-state index contributed by atoms with van der Waals surface area (Å²) in [5.41, 5.74) is 5.95. The lowest BCUT2D eigenvalue weighted by Crippen LogP contribution is -2.54. The van der Waals surface area contributed by atoms with Crippen molar-refractivity contribution in [1.29, 1.82) is 0 Å². The van der Waals surface area contributed by atoms with Crippen molar-refractivity contribution in [3.05, 3.63) is 28.3 Å². The molecule has 294 valence electrons. The Morgan fingerprint density at radius 1 is 1.04 bits per heavy atom. The van der Waals surface area contributed by atoms with Crippen LogP contribution >= 0.6 is 11.8 Å². The van der Waals surface area contributed by atoms with Crippen LogP contribution in [0.4, 0.5) is 15.3 Å². The highest BCUT2D eigenvalue weighted by atomic mass is 32.2. The molecule has 4 atom stereocenters. The molecule has 0 saturated carbocycles. The molecule has 0 aliphatic carbocycles. The molecule has 2 saturated heterocycles. The molecule has 4 rings (SSSR count). The molecule has 53 heavy (non-hydrogen) atoms. The van der Waals surface area contributed by atoms with E-state index >= 15 is 0 Å². The van der Waals surface area contributed by atoms with Crippen LogP contribution in [0.5, 0.6) is 0 Å². The Balaban J connectivity index is 1.50. The van der Waals surface area contributed by atoms with E-state index in [0.29, 0.717) is 74.2 Å². The fourth-order valence-electron chi connectivity index (χ4n) is 7.35. The molecule has 1 aromatic carbocycles. The van der Waals surface area contributed by atoms with Crippen LogP contribution < -0.4 is 26.7 Å². The van der Waals surface area contributed by atoms with Gasteiger partial charge in [0.2, 0.25) is 5.91 Å². The zero-order valence-corrected chi connectivity index (χ0v) is 32.3. The van der Waals surface area contributed by atoms with Gasteiger partial charge in [-0.2, -0.15) is 0 Å². The topological polar surface area (TPSA) is 215 Å². The summed E-state index contributed by atoms with van der Waals surface area (Å²) in [7, 11) is 0. The number of nitrogens with one attached hydrogen (secondary N) is 5. The minimum atomic E-state index is -1.15. The van der Waals surface area contributed by atoms with Crippen molar-refractivity contribution in [2.75, 3.05) is 24.2 Å². The second-order valence-electron chi connectivity index (χ2n) is 15.2. The summed E-state index contributed by atoms with van der Waals surface area (Å²) in [5, 5.41) is 31.8. The summed E-state index contributed by atoms with van der Waals surface area (Å²) in [6.07, 6.45) is 6.07. The fraction of sp³-hybridized carbons (Fsp3) is 0.676. The standard InChI is InChI=1S/C37H56N6O9S/c1-22-20-24-14-8-6-7-13-19-43(38-18-12-10-15-25(32(47)48)40-35(51)52-36(3,4)5)31(46)28(24)23(2)29(22)41-33(49)37(17-11-9-16-27(44)45)30-26(21-53-37)39-34(50)42-30/h20,25-26,30,38H,6-19,21H2,1-5H3,(H,40,51)(H,41,49)(H,44,45)(H,47,48)(H2,39,42,50)/t25-,26-,30-,37-/m0/s1. The molecule has 3 heterocycles. The Morgan fingerprint density at radius 2 is 1.77 bits per heavy atom. The predicted octanol–water partition coefficient (Wildman–Crippen LogP) is 4.63. The van der Waals surface area contributed by atoms with Crippen molar-refractivity contribution >= 4 is 53.3 Å². The fourth-order valence-corrected chi connectivity index (χ4v) is 8.98. The van der Waals surface area contributed by atoms with Crippen LogP contribution in [0, 0.1) is 13.8 Å². The molecule has 2 fully saturated rings. The summed E-state index contributed by atoms with van der Waals surface area (Å²) in [5.74, 6) is -2.02. The summed E-state index contributed by atoms with van der Waals surface area (Å²) in [6, 6.07) is -0.170. The first-order chi connectivity index (χ1) is 25.0. The van der Waals surface area contributed by atoms with Gasteiger partial charge in [0.1, 0.15) is 16.4 Å². The molecule has 1 aromatic rings. The number of aryl methyl sites for hydroxylation is 2. The first kappa shape index (κ1) is 41.7. The molecule has 0 unspecified atom stereocenters. The van der Waals surface area contributed by atoms with Crippen LogP contribution in [0.15, 0.2) is 6.07 Å². The smallest absolute Gasteiger partial charge is 0.408 e. The van der Waals surface area contributed by atoms with Crippen molar-refractivity contribution in [3.63, 3.8) is 0 Å². The van der Waals surface area contributed by atoms with Gasteiger partial charge in [-0.15, -0.1) is 11.8 Å². The van der Waals surface area contributed by atoms with E-state index in [9.17, 15) is 33.9 Å². The van der Waals surface area contributed by atoms with E-state index in [4.69, 9.17) is 9.84 Å². The molecule has 0 bridgehead atoms. The van der Waals surface area contributed by atoms with Crippen molar-refractivity contribution in [2.24, 2.45) is 0 Å². The molecule has 0 aromatic heterocycles. The number of ether oxygens (including phenoxy) is 1. The molecule has 7 N–H and O–H groups in total. The highest BCUT2D eigenvalue weighted by Crippen LogP contribution is 2.45. The average molecular weight is 761 g/mol. The maximum absolute atomic E-state index is 14.4. The number of alkyl carbamates (subject to hydrolysis) is 1. The van der Waals surface area contributed by atoms with Gasteiger partial charge < -0.3 is 36.2 Å². The van der Waals surface area contributed by atoms with Crippen LogP contribution in [0.3, 0.4) is 0 Å². The summed E-state index contributed by atoms with van der Waals surface area (Å²) >= 11 is 1.46. The molecule has 3 aliphatic rings. The zero-order chi connectivity index (χ0) is 38.9. The number of fused-ring (bicyclic) bond motifs is 2. The molecular weight excluding hydrogens is 705 g/mol. The maximum Gasteiger partial charge on any atom is 0.408 e. The lowest BCUT2D eigenvalue weighted by molar-refractivity contribution is -0.140. The average Bonchev–Trinajstić information content (AvgIpc) is 3.61. The Morgan fingerprint density at radius 3 is 2.47 bits per heavy atom. The number of carboxylic acids is 2. The molecular formula is C37H56N6O9S. The number of nitrogens with zero attached hydrogens (tertiary/aromatic N) is 1. The number of benzene rings is 1. The highest BCUT2D eigenvalue weighted by Gasteiger charge is 2.57. The van der Waals surface area contributed by atoms with Crippen molar-refractivity contribution in [3.8, 4) is 0 Å². The number of carbonyl (C=O) groups excluding carboxylic acids is 4. The normalized spacial score (nSPS) is 22.2. The van der Waals surface area contributed by atoms with Gasteiger partial charge in [0.05, 0.1) is 12.1 Å². The summed E-state index contributed by atoms with van der Waals surface area (Å²) < 4.78 is 4.17. The van der Waals surface area contributed by atoms with Crippen LogP contribution in [0.2, 0.25) is 0 Å². The molecule has 0 spiro atoms. The number of amides is 5. The predicted molar refractivity (Wildman–Crippen MR) is 201 cm³/mol. The Kier molecular flexibility index (Phi) is 14.4. The van der Waals surface area contributed by atoms with E-state index in [-0.39, 0.29) is 36.7 Å². The lowest BCUT2D eigenvalue weighted by Gasteiger charge is -2.33. The highest BCUT2D eigenvalue weighted by molar-refractivity contribution is 8.01. The van der Waals surface area contributed by atoms with Crippen molar-refractivity contribution in [1.82, 2.24) is 26.4 Å². The molecule has 15 nitrogen and oxygen atoms in total. The number of unbranched alkanes of at least 4 members (excludes halogenated alkanes) is 2. The number of thioether (sulfide) groups is 1. The summed E-state index contributed by atoms with van der Waals surface area (Å²) in [4.78, 5) is 76.2. The molecule has 16 heteroatoms. The zero-order valence-electron chi connectivity index (χ0n) is 31.5. The number of rotatable bonds is 15. The number of carbonyl (C=O) groups is 6. The van der Waals surface area contributed by atoms with E-state index in [0.717, 1.165) is 36.8 Å². The quantitative estimate of drug-likeness (QED) is 0.0966. The second kappa shape index (κ2) is 18.3. The van der Waals surface area contributed by atoms with E-state index in [1.54, 1.807) is 25.8 Å². The van der Waals surface area contributed by atoms with Crippen LogP contribution in [0.25, 0.3) is 0 Å². The summed E-state index contributed by atoms with van der Waals surface area (Å²) in [6.45, 7) is 9.72. The van der Waals surface area contributed by atoms with Crippen LogP contribution in [0.1, 0.15) is 118 Å². The SMILES string of the molecule is Cc1cc2c(c(C)c1NC(=O)[C@@]1(CCCCC(=O)O)SC[C@@H]3NC(=O)N[C@@H]31)C(=O)N(NCCCC[C@H](NC(=O)OC(C)(C)C)C(=O)O)CCCCCC2. The number of anilines is 1. The van der Waals surface area contributed by atoms with Crippen LogP contribution in [-0.2, 0) is 25.5 Å². The Hall–Kier alpha value is -4.05. The first-order valence-corrected chi connectivity index (χ1v) is 19.7. The van der Waals surface area contributed by atoms with Gasteiger partial charge in [-0.3, -0.25) is 19.4 Å². The monoisotopic (exact) mass is 760 g/mol. The molecule has 0 radical (unpaired) electrons. The van der Waals surface area contributed by atoms with Gasteiger partial charge in [0.25, 0.3) is 5.91 Å². The van der Waals surface area contributed by atoms with E-state index in [2.05, 4.69) is 26.7 Å². The number of hydrazine groups is 1. The Bertz CT molecular complexity index is 1550. The van der Waals surface area contributed by atoms with E-state index in [1.807, 2.05) is 19.9 Å². The number of hydrogen-bond acceptors (Lipinski definition) is 9. The largest absolute Gasteiger partial charge is 0.481 e. The number of hydrogen-bond donors (Lipinski definition) is 7. The van der Waals surface area contributed by atoms with Gasteiger partial charge in [0, 0.05) is 36.5 Å². The minimum Gasteiger partial charge on any atom is -0.481 e. The molecule has 5 amide bonds. The van der Waals surface area contributed by atoms with E-state index in [1.165, 1.54) is 11.8 Å². The lowest BCUT2D eigenvalue weighted by atomic mass is 9.87. The van der Waals surface area contributed by atoms with Gasteiger partial charge >= 0.3 is 24.1 Å². The van der Waals surface area contributed by atoms with Gasteiger partial charge in [-0.1, -0.05) is 25.3 Å². The third-order valence-electron chi connectivity index (χ3n) is 9.94.